The zero-order valence-corrected chi connectivity index (χ0v) is 14.4. The maximum absolute atomic E-state index is 12.4. The van der Waals surface area contributed by atoms with Gasteiger partial charge >= 0.3 is 5.91 Å². The second-order valence-electron chi connectivity index (χ2n) is 6.77. The first kappa shape index (κ1) is 16.4. The van der Waals surface area contributed by atoms with Crippen LogP contribution < -0.4 is 9.80 Å². The predicted molar refractivity (Wildman–Crippen MR) is 94.2 cm³/mol. The minimum absolute atomic E-state index is 0.332. The quantitative estimate of drug-likeness (QED) is 0.855. The highest BCUT2D eigenvalue weighted by molar-refractivity contribution is 6.52. The van der Waals surface area contributed by atoms with Crippen molar-refractivity contribution in [1.29, 1.82) is 0 Å². The number of anilines is 1. The summed E-state index contributed by atoms with van der Waals surface area (Å²) in [7, 11) is 2.03. The van der Waals surface area contributed by atoms with Gasteiger partial charge in [0.05, 0.1) is 18.3 Å². The number of rotatable bonds is 5. The van der Waals surface area contributed by atoms with E-state index in [2.05, 4.69) is 26.0 Å². The van der Waals surface area contributed by atoms with Gasteiger partial charge in [0.15, 0.2) is 6.67 Å². The van der Waals surface area contributed by atoms with Crippen LogP contribution in [-0.4, -0.2) is 25.4 Å². The van der Waals surface area contributed by atoms with Gasteiger partial charge in [0.25, 0.3) is 5.78 Å². The number of carbonyl (C=O) groups excluding carboxylic acids is 2. The van der Waals surface area contributed by atoms with Crippen molar-refractivity contribution in [3.05, 3.63) is 65.2 Å². The lowest BCUT2D eigenvalue weighted by Crippen LogP contribution is -3.09. The maximum atomic E-state index is 12.4. The largest absolute Gasteiger partial charge is 0.316 e. The van der Waals surface area contributed by atoms with E-state index < -0.39 is 5.91 Å². The van der Waals surface area contributed by atoms with Gasteiger partial charge in [-0.15, -0.1) is 0 Å². The first-order chi connectivity index (χ1) is 11.5. The van der Waals surface area contributed by atoms with E-state index in [4.69, 9.17) is 0 Å². The molecule has 0 spiro atoms. The summed E-state index contributed by atoms with van der Waals surface area (Å²) in [6.45, 7) is 5.45. The van der Waals surface area contributed by atoms with E-state index >= 15 is 0 Å². The Balaban J connectivity index is 1.80. The molecule has 24 heavy (non-hydrogen) atoms. The van der Waals surface area contributed by atoms with Gasteiger partial charge < -0.3 is 4.90 Å². The first-order valence-electron chi connectivity index (χ1n) is 8.32. The third-order valence-corrected chi connectivity index (χ3v) is 4.44. The standard InChI is InChI=1S/C20H22N2O2/c1-14(2)16-9-10-18-17(11-16)19(23)20(24)22(18)13-21(3)12-15-7-5-4-6-8-15/h4-11,14H,12-13H2,1-3H3/p+1. The van der Waals surface area contributed by atoms with Crippen molar-refractivity contribution in [3.63, 3.8) is 0 Å². The molecule has 1 atom stereocenters. The number of quaternary nitrogens is 1. The first-order valence-corrected chi connectivity index (χ1v) is 8.32. The fourth-order valence-corrected chi connectivity index (χ4v) is 3.10. The molecular weight excluding hydrogens is 300 g/mol. The molecule has 1 heterocycles. The van der Waals surface area contributed by atoms with E-state index in [-0.39, 0.29) is 5.78 Å². The zero-order valence-electron chi connectivity index (χ0n) is 14.4. The monoisotopic (exact) mass is 323 g/mol. The van der Waals surface area contributed by atoms with Crippen LogP contribution in [0.5, 0.6) is 0 Å². The molecule has 0 fully saturated rings. The highest BCUT2D eigenvalue weighted by Crippen LogP contribution is 2.30. The predicted octanol–water partition coefficient (Wildman–Crippen LogP) is 2.01. The molecule has 2 aromatic carbocycles. The highest BCUT2D eigenvalue weighted by atomic mass is 16.2. The summed E-state index contributed by atoms with van der Waals surface area (Å²) in [4.78, 5) is 27.5. The van der Waals surface area contributed by atoms with Crippen molar-refractivity contribution in [1.82, 2.24) is 0 Å². The third-order valence-electron chi connectivity index (χ3n) is 4.44. The van der Waals surface area contributed by atoms with Gasteiger partial charge in [0.1, 0.15) is 6.54 Å². The summed E-state index contributed by atoms with van der Waals surface area (Å²) in [5.41, 5.74) is 3.57. The van der Waals surface area contributed by atoms with Crippen LogP contribution in [0.3, 0.4) is 0 Å². The lowest BCUT2D eigenvalue weighted by Gasteiger charge is -2.22. The summed E-state index contributed by atoms with van der Waals surface area (Å²) in [5.74, 6) is -0.475. The Morgan fingerprint density at radius 1 is 1.04 bits per heavy atom. The van der Waals surface area contributed by atoms with E-state index in [0.29, 0.717) is 18.2 Å². The Morgan fingerprint density at radius 3 is 2.42 bits per heavy atom. The minimum Gasteiger partial charge on any atom is -0.316 e. The summed E-state index contributed by atoms with van der Waals surface area (Å²) < 4.78 is 0. The molecule has 0 saturated heterocycles. The number of nitrogens with one attached hydrogen (secondary N) is 1. The molecule has 124 valence electrons. The molecule has 0 aromatic heterocycles. The zero-order chi connectivity index (χ0) is 17.3. The van der Waals surface area contributed by atoms with Gasteiger partial charge in [-0.3, -0.25) is 14.5 Å². The number of amides is 1. The third kappa shape index (κ3) is 3.10. The second kappa shape index (κ2) is 6.57. The molecule has 1 N–H and O–H groups in total. The average Bonchev–Trinajstić information content (AvgIpc) is 2.80. The number of fused-ring (bicyclic) bond motifs is 1. The number of carbonyl (C=O) groups is 2. The summed E-state index contributed by atoms with van der Waals surface area (Å²) in [5, 5.41) is 0. The molecule has 4 nitrogen and oxygen atoms in total. The van der Waals surface area contributed by atoms with Crippen LogP contribution in [-0.2, 0) is 11.3 Å². The van der Waals surface area contributed by atoms with Crippen molar-refractivity contribution < 1.29 is 14.5 Å². The van der Waals surface area contributed by atoms with Crippen molar-refractivity contribution in [2.45, 2.75) is 26.3 Å². The SMILES string of the molecule is CC(C)c1ccc2c(c1)C(=O)C(=O)N2C[NH+](C)Cc1ccccc1. The molecular formula is C20H23N2O2+. The number of ketones is 1. The van der Waals surface area contributed by atoms with Gasteiger partial charge in [-0.25, -0.2) is 0 Å². The smallest absolute Gasteiger partial charge is 0.303 e. The molecule has 0 saturated carbocycles. The van der Waals surface area contributed by atoms with Crippen LogP contribution in [0, 0.1) is 0 Å². The molecule has 1 amide bonds. The van der Waals surface area contributed by atoms with Gasteiger partial charge in [-0.2, -0.15) is 0 Å². The molecule has 2 aromatic rings. The lowest BCUT2D eigenvalue weighted by molar-refractivity contribution is -0.892. The van der Waals surface area contributed by atoms with Gasteiger partial charge in [-0.1, -0.05) is 50.2 Å². The molecule has 1 unspecified atom stereocenters. The van der Waals surface area contributed by atoms with E-state index in [1.807, 2.05) is 43.4 Å². The molecule has 4 heteroatoms. The van der Waals surface area contributed by atoms with Crippen LogP contribution in [0.15, 0.2) is 48.5 Å². The van der Waals surface area contributed by atoms with Crippen LogP contribution in [0.2, 0.25) is 0 Å². The van der Waals surface area contributed by atoms with E-state index in [0.717, 1.165) is 22.7 Å². The Labute approximate surface area is 142 Å². The number of hydrogen-bond donors (Lipinski definition) is 1. The lowest BCUT2D eigenvalue weighted by atomic mass is 9.99. The van der Waals surface area contributed by atoms with E-state index in [1.54, 1.807) is 4.90 Å². The van der Waals surface area contributed by atoms with Crippen LogP contribution in [0.4, 0.5) is 5.69 Å². The fraction of sp³-hybridized carbons (Fsp3) is 0.300. The highest BCUT2D eigenvalue weighted by Gasteiger charge is 2.37. The Kier molecular flexibility index (Phi) is 4.49. The van der Waals surface area contributed by atoms with Crippen molar-refractivity contribution in [3.8, 4) is 0 Å². The van der Waals surface area contributed by atoms with Gasteiger partial charge in [-0.05, 0) is 23.6 Å². The van der Waals surface area contributed by atoms with Gasteiger partial charge in [0, 0.05) is 5.56 Å². The molecule has 1 aliphatic rings. The molecule has 1 aliphatic heterocycles. The Morgan fingerprint density at radius 2 is 1.75 bits per heavy atom. The summed E-state index contributed by atoms with van der Waals surface area (Å²) in [6, 6.07) is 15.9. The molecule has 0 radical (unpaired) electrons. The number of nitrogens with zero attached hydrogens (tertiary/aromatic N) is 1. The molecule has 0 bridgehead atoms. The van der Waals surface area contributed by atoms with Crippen molar-refractivity contribution in [2.75, 3.05) is 18.6 Å². The normalized spacial score (nSPS) is 15.1. The van der Waals surface area contributed by atoms with E-state index in [1.165, 1.54) is 5.56 Å². The minimum atomic E-state index is -0.418. The average molecular weight is 323 g/mol. The number of Topliss-reactive ketones (excluding diaryl/α,β-unsaturated/α-hetero) is 1. The Hall–Kier alpha value is -2.46. The summed E-state index contributed by atoms with van der Waals surface area (Å²) in [6.07, 6.45) is 0. The summed E-state index contributed by atoms with van der Waals surface area (Å²) >= 11 is 0. The fourth-order valence-electron chi connectivity index (χ4n) is 3.10. The molecule has 0 aliphatic carbocycles. The molecule has 3 rings (SSSR count). The maximum Gasteiger partial charge on any atom is 0.303 e. The van der Waals surface area contributed by atoms with Gasteiger partial charge in [0.2, 0.25) is 0 Å². The van der Waals surface area contributed by atoms with Crippen LogP contribution in [0.1, 0.15) is 41.3 Å². The van der Waals surface area contributed by atoms with Crippen LogP contribution >= 0.6 is 0 Å². The van der Waals surface area contributed by atoms with Crippen LogP contribution in [0.25, 0.3) is 0 Å². The number of benzene rings is 2. The number of hydrogen-bond acceptors (Lipinski definition) is 2. The topological polar surface area (TPSA) is 41.8 Å². The Bertz CT molecular complexity index is 768. The second-order valence-corrected chi connectivity index (χ2v) is 6.77. The van der Waals surface area contributed by atoms with E-state index in [9.17, 15) is 9.59 Å². The van der Waals surface area contributed by atoms with Crippen molar-refractivity contribution >= 4 is 17.4 Å². The van der Waals surface area contributed by atoms with Crippen molar-refractivity contribution in [2.24, 2.45) is 0 Å².